The van der Waals surface area contributed by atoms with Gasteiger partial charge < -0.3 is 10.2 Å². The molecule has 2 fully saturated rings. The quantitative estimate of drug-likeness (QED) is 0.889. The van der Waals surface area contributed by atoms with E-state index in [0.717, 1.165) is 32.4 Å². The summed E-state index contributed by atoms with van der Waals surface area (Å²) < 4.78 is 0. The zero-order chi connectivity index (χ0) is 12.5. The summed E-state index contributed by atoms with van der Waals surface area (Å²) in [5.74, 6) is 0.550. The number of hydrogen-bond acceptors (Lipinski definition) is 3. The lowest BCUT2D eigenvalue weighted by Crippen LogP contribution is -2.39. The largest absolute Gasteiger partial charge is 0.335 e. The number of amides is 1. The molecule has 1 amide bonds. The number of carbonyl (C=O) groups is 1. The van der Waals surface area contributed by atoms with Crippen LogP contribution in [0.25, 0.3) is 0 Å². The van der Waals surface area contributed by atoms with E-state index in [0.29, 0.717) is 18.0 Å². The molecule has 0 radical (unpaired) electrons. The summed E-state index contributed by atoms with van der Waals surface area (Å²) in [6.45, 7) is 4.05. The van der Waals surface area contributed by atoms with Gasteiger partial charge in [-0.2, -0.15) is 0 Å². The third-order valence-corrected chi connectivity index (χ3v) is 5.22. The molecule has 0 spiro atoms. The van der Waals surface area contributed by atoms with Crippen LogP contribution < -0.4 is 5.32 Å². The fraction of sp³-hybridized carbons (Fsp3) is 0.643. The van der Waals surface area contributed by atoms with Gasteiger partial charge in [-0.05, 0) is 44.2 Å². The van der Waals surface area contributed by atoms with E-state index in [-0.39, 0.29) is 5.92 Å². The van der Waals surface area contributed by atoms with E-state index in [1.165, 1.54) is 4.88 Å². The molecule has 2 aliphatic rings. The second kappa shape index (κ2) is 5.02. The Labute approximate surface area is 112 Å². The van der Waals surface area contributed by atoms with E-state index in [1.807, 2.05) is 0 Å². The highest BCUT2D eigenvalue weighted by molar-refractivity contribution is 7.10. The van der Waals surface area contributed by atoms with Gasteiger partial charge in [0.1, 0.15) is 0 Å². The van der Waals surface area contributed by atoms with E-state index >= 15 is 0 Å². The molecule has 0 aromatic carbocycles. The molecule has 0 bridgehead atoms. The lowest BCUT2D eigenvalue weighted by Gasteiger charge is -2.28. The SMILES string of the molecule is CC1NCCC1C(=O)N1CCCC1c1cccs1. The summed E-state index contributed by atoms with van der Waals surface area (Å²) in [5, 5.41) is 5.49. The minimum absolute atomic E-state index is 0.186. The average Bonchev–Trinajstić information content (AvgIpc) is 3.09. The molecule has 2 aliphatic heterocycles. The molecule has 3 atom stereocenters. The second-order valence-electron chi connectivity index (χ2n) is 5.34. The predicted octanol–water partition coefficient (Wildman–Crippen LogP) is 2.41. The highest BCUT2D eigenvalue weighted by Gasteiger charge is 2.38. The van der Waals surface area contributed by atoms with Crippen molar-refractivity contribution in [3.8, 4) is 0 Å². The summed E-state index contributed by atoms with van der Waals surface area (Å²) in [6, 6.07) is 4.92. The van der Waals surface area contributed by atoms with Crippen molar-refractivity contribution in [2.45, 2.75) is 38.3 Å². The molecular weight excluding hydrogens is 244 g/mol. The molecule has 3 unspecified atom stereocenters. The highest BCUT2D eigenvalue weighted by atomic mass is 32.1. The molecule has 3 rings (SSSR count). The average molecular weight is 264 g/mol. The van der Waals surface area contributed by atoms with Gasteiger partial charge in [0.25, 0.3) is 0 Å². The summed E-state index contributed by atoms with van der Waals surface area (Å²) in [7, 11) is 0. The lowest BCUT2D eigenvalue weighted by molar-refractivity contribution is -0.136. The van der Waals surface area contributed by atoms with Gasteiger partial charge in [0.15, 0.2) is 0 Å². The maximum atomic E-state index is 12.7. The molecule has 1 aromatic heterocycles. The van der Waals surface area contributed by atoms with Gasteiger partial charge in [-0.1, -0.05) is 6.07 Å². The van der Waals surface area contributed by atoms with E-state index in [2.05, 4.69) is 34.7 Å². The number of hydrogen-bond donors (Lipinski definition) is 1. The molecule has 98 valence electrons. The van der Waals surface area contributed by atoms with Crippen molar-refractivity contribution in [1.29, 1.82) is 0 Å². The van der Waals surface area contributed by atoms with Gasteiger partial charge >= 0.3 is 0 Å². The minimum atomic E-state index is 0.186. The molecule has 1 N–H and O–H groups in total. The van der Waals surface area contributed by atoms with Crippen LogP contribution in [0.2, 0.25) is 0 Å². The fourth-order valence-corrected chi connectivity index (χ4v) is 4.09. The van der Waals surface area contributed by atoms with E-state index in [4.69, 9.17) is 0 Å². The molecular formula is C14H20N2OS. The first-order chi connectivity index (χ1) is 8.77. The molecule has 3 heterocycles. The molecule has 0 saturated carbocycles. The maximum absolute atomic E-state index is 12.7. The van der Waals surface area contributed by atoms with Crippen LogP contribution in [0, 0.1) is 5.92 Å². The molecule has 3 nitrogen and oxygen atoms in total. The Kier molecular flexibility index (Phi) is 3.39. The van der Waals surface area contributed by atoms with Crippen LogP contribution in [-0.4, -0.2) is 29.9 Å². The van der Waals surface area contributed by atoms with Crippen LogP contribution in [0.1, 0.15) is 37.1 Å². The Balaban J connectivity index is 1.76. The number of nitrogens with one attached hydrogen (secondary N) is 1. The van der Waals surface area contributed by atoms with Crippen molar-refractivity contribution in [3.05, 3.63) is 22.4 Å². The summed E-state index contributed by atoms with van der Waals surface area (Å²) in [5.41, 5.74) is 0. The smallest absolute Gasteiger partial charge is 0.227 e. The maximum Gasteiger partial charge on any atom is 0.227 e. The topological polar surface area (TPSA) is 32.3 Å². The van der Waals surface area contributed by atoms with Crippen LogP contribution in [0.15, 0.2) is 17.5 Å². The van der Waals surface area contributed by atoms with E-state index < -0.39 is 0 Å². The van der Waals surface area contributed by atoms with Crippen molar-refractivity contribution in [1.82, 2.24) is 10.2 Å². The molecule has 4 heteroatoms. The van der Waals surface area contributed by atoms with Gasteiger partial charge in [0.05, 0.1) is 12.0 Å². The Hall–Kier alpha value is -0.870. The first-order valence-corrected chi connectivity index (χ1v) is 7.72. The summed E-state index contributed by atoms with van der Waals surface area (Å²) >= 11 is 1.78. The Bertz CT molecular complexity index is 417. The summed E-state index contributed by atoms with van der Waals surface area (Å²) in [6.07, 6.45) is 3.26. The minimum Gasteiger partial charge on any atom is -0.335 e. The third kappa shape index (κ3) is 2.08. The van der Waals surface area contributed by atoms with E-state index in [9.17, 15) is 4.79 Å². The highest BCUT2D eigenvalue weighted by Crippen LogP contribution is 2.36. The second-order valence-corrected chi connectivity index (χ2v) is 6.32. The number of likely N-dealkylation sites (tertiary alicyclic amines) is 1. The van der Waals surface area contributed by atoms with Crippen LogP contribution in [0.5, 0.6) is 0 Å². The van der Waals surface area contributed by atoms with Crippen LogP contribution in [0.4, 0.5) is 0 Å². The van der Waals surface area contributed by atoms with Crippen LogP contribution in [-0.2, 0) is 4.79 Å². The number of nitrogens with zero attached hydrogens (tertiary/aromatic N) is 1. The molecule has 1 aromatic rings. The number of thiophene rings is 1. The lowest BCUT2D eigenvalue weighted by atomic mass is 10.00. The van der Waals surface area contributed by atoms with Crippen molar-refractivity contribution in [3.63, 3.8) is 0 Å². The standard InChI is InChI=1S/C14H20N2OS/c1-10-11(6-7-15-10)14(17)16-8-2-4-12(16)13-5-3-9-18-13/h3,5,9-12,15H,2,4,6-8H2,1H3. The van der Waals surface area contributed by atoms with Gasteiger partial charge in [0.2, 0.25) is 5.91 Å². The normalized spacial score (nSPS) is 32.1. The van der Waals surface area contributed by atoms with Gasteiger partial charge in [-0.3, -0.25) is 4.79 Å². The Morgan fingerprint density at radius 2 is 2.39 bits per heavy atom. The number of carbonyl (C=O) groups excluding carboxylic acids is 1. The zero-order valence-electron chi connectivity index (χ0n) is 10.8. The van der Waals surface area contributed by atoms with Crippen molar-refractivity contribution >= 4 is 17.2 Å². The monoisotopic (exact) mass is 264 g/mol. The van der Waals surface area contributed by atoms with Crippen molar-refractivity contribution < 1.29 is 4.79 Å². The molecule has 2 saturated heterocycles. The van der Waals surface area contributed by atoms with Gasteiger partial charge in [-0.15, -0.1) is 11.3 Å². The summed E-state index contributed by atoms with van der Waals surface area (Å²) in [4.78, 5) is 16.1. The van der Waals surface area contributed by atoms with E-state index in [1.54, 1.807) is 11.3 Å². The number of rotatable bonds is 2. The van der Waals surface area contributed by atoms with Crippen LogP contribution in [0.3, 0.4) is 0 Å². The Morgan fingerprint density at radius 1 is 1.50 bits per heavy atom. The van der Waals surface area contributed by atoms with Crippen molar-refractivity contribution in [2.24, 2.45) is 5.92 Å². The molecule has 0 aliphatic carbocycles. The van der Waals surface area contributed by atoms with Gasteiger partial charge in [-0.25, -0.2) is 0 Å². The Morgan fingerprint density at radius 3 is 3.06 bits per heavy atom. The van der Waals surface area contributed by atoms with Crippen LogP contribution >= 0.6 is 11.3 Å². The third-order valence-electron chi connectivity index (χ3n) is 4.25. The molecule has 18 heavy (non-hydrogen) atoms. The predicted molar refractivity (Wildman–Crippen MR) is 73.6 cm³/mol. The zero-order valence-corrected chi connectivity index (χ0v) is 11.6. The fourth-order valence-electron chi connectivity index (χ4n) is 3.22. The van der Waals surface area contributed by atoms with Gasteiger partial charge in [0, 0.05) is 17.5 Å². The van der Waals surface area contributed by atoms with Crippen molar-refractivity contribution in [2.75, 3.05) is 13.1 Å². The first-order valence-electron chi connectivity index (χ1n) is 6.84. The first kappa shape index (κ1) is 12.2.